The van der Waals surface area contributed by atoms with Gasteiger partial charge in [-0.25, -0.2) is 0 Å². The summed E-state index contributed by atoms with van der Waals surface area (Å²) in [5.41, 5.74) is 0.644. The highest BCUT2D eigenvalue weighted by Crippen LogP contribution is 1.96. The average Bonchev–Trinajstić information content (AvgIpc) is 2.14. The lowest BCUT2D eigenvalue weighted by Gasteiger charge is -1.59. The van der Waals surface area contributed by atoms with E-state index in [-0.39, 0.29) is 0 Å². The van der Waals surface area contributed by atoms with E-state index in [0.717, 1.165) is 0 Å². The minimum atomic E-state index is 0.644. The maximum atomic E-state index is 8.14. The van der Waals surface area contributed by atoms with E-state index in [9.17, 15) is 0 Å². The van der Waals surface area contributed by atoms with Crippen LogP contribution in [0.1, 0.15) is 5.56 Å². The number of rotatable bonds is 0. The molecule has 0 aromatic carbocycles. The van der Waals surface area contributed by atoms with Crippen molar-refractivity contribution in [2.45, 2.75) is 0 Å². The summed E-state index contributed by atoms with van der Waals surface area (Å²) in [5.74, 6) is 0. The predicted octanol–water partition coefficient (Wildman–Crippen LogP) is 1.01. The standard InChI is InChI=1S/C4H2N2S/c5-1-4-2-6-7-3-4/h2-3H. The van der Waals surface area contributed by atoms with Crippen molar-refractivity contribution in [2.75, 3.05) is 0 Å². The van der Waals surface area contributed by atoms with Crippen molar-refractivity contribution in [1.29, 1.82) is 5.26 Å². The second-order valence-electron chi connectivity index (χ2n) is 1.02. The van der Waals surface area contributed by atoms with Gasteiger partial charge >= 0.3 is 0 Å². The van der Waals surface area contributed by atoms with Crippen LogP contribution < -0.4 is 0 Å². The van der Waals surface area contributed by atoms with Gasteiger partial charge in [-0.1, -0.05) is 0 Å². The van der Waals surface area contributed by atoms with Crippen molar-refractivity contribution in [1.82, 2.24) is 4.37 Å². The van der Waals surface area contributed by atoms with Crippen LogP contribution in [0.25, 0.3) is 0 Å². The topological polar surface area (TPSA) is 36.7 Å². The molecule has 0 aliphatic carbocycles. The zero-order chi connectivity index (χ0) is 5.11. The third kappa shape index (κ3) is 0.756. The summed E-state index contributed by atoms with van der Waals surface area (Å²) in [5, 5.41) is 9.85. The van der Waals surface area contributed by atoms with Gasteiger partial charge in [-0.3, -0.25) is 0 Å². The Morgan fingerprint density at radius 2 is 2.71 bits per heavy atom. The summed E-state index contributed by atoms with van der Waals surface area (Å²) in [6.07, 6.45) is 1.55. The molecule has 1 aromatic rings. The Morgan fingerprint density at radius 1 is 1.86 bits per heavy atom. The van der Waals surface area contributed by atoms with Gasteiger partial charge in [0, 0.05) is 5.38 Å². The molecule has 1 heterocycles. The fourth-order valence-corrected chi connectivity index (χ4v) is 0.722. The van der Waals surface area contributed by atoms with Crippen LogP contribution in [0.3, 0.4) is 0 Å². The van der Waals surface area contributed by atoms with E-state index in [1.807, 2.05) is 6.07 Å². The van der Waals surface area contributed by atoms with Crippen LogP contribution >= 0.6 is 11.5 Å². The number of hydrogen-bond donors (Lipinski definition) is 0. The Morgan fingerprint density at radius 3 is 3.00 bits per heavy atom. The molecule has 1 rings (SSSR count). The van der Waals surface area contributed by atoms with Crippen molar-refractivity contribution < 1.29 is 0 Å². The second kappa shape index (κ2) is 1.71. The molecule has 0 radical (unpaired) electrons. The fourth-order valence-electron chi connectivity index (χ4n) is 0.260. The van der Waals surface area contributed by atoms with E-state index in [1.165, 1.54) is 11.5 Å². The normalized spacial score (nSPS) is 7.86. The molecule has 0 aliphatic rings. The van der Waals surface area contributed by atoms with Gasteiger partial charge < -0.3 is 0 Å². The molecule has 0 amide bonds. The number of nitrogens with zero attached hydrogens (tertiary/aromatic N) is 2. The third-order valence-corrected chi connectivity index (χ3v) is 1.15. The van der Waals surface area contributed by atoms with Crippen molar-refractivity contribution in [3.63, 3.8) is 0 Å². The van der Waals surface area contributed by atoms with Gasteiger partial charge in [-0.15, -0.1) is 0 Å². The average molecular weight is 110 g/mol. The van der Waals surface area contributed by atoms with E-state index in [0.29, 0.717) is 5.56 Å². The van der Waals surface area contributed by atoms with Crippen molar-refractivity contribution >= 4 is 11.5 Å². The molecule has 0 bridgehead atoms. The molecule has 1 aromatic heterocycles. The van der Waals surface area contributed by atoms with E-state index in [4.69, 9.17) is 5.26 Å². The summed E-state index contributed by atoms with van der Waals surface area (Å²) in [6.45, 7) is 0. The fraction of sp³-hybridized carbons (Fsp3) is 0. The first-order valence-corrected chi connectivity index (χ1v) is 2.56. The van der Waals surface area contributed by atoms with Gasteiger partial charge in [-0.2, -0.15) is 9.64 Å². The van der Waals surface area contributed by atoms with Crippen LogP contribution in [0.5, 0.6) is 0 Å². The molecular weight excluding hydrogens is 108 g/mol. The maximum absolute atomic E-state index is 8.14. The lowest BCUT2D eigenvalue weighted by molar-refractivity contribution is 1.48. The molecular formula is C4H2N2S. The second-order valence-corrected chi connectivity index (χ2v) is 1.68. The first-order valence-electron chi connectivity index (χ1n) is 1.73. The molecule has 0 unspecified atom stereocenters. The Hall–Kier alpha value is -0.880. The van der Waals surface area contributed by atoms with Gasteiger partial charge in [0.25, 0.3) is 0 Å². The predicted molar refractivity (Wildman–Crippen MR) is 26.8 cm³/mol. The largest absolute Gasteiger partial charge is 0.200 e. The van der Waals surface area contributed by atoms with Crippen LogP contribution in [-0.4, -0.2) is 4.37 Å². The number of aromatic nitrogens is 1. The van der Waals surface area contributed by atoms with E-state index >= 15 is 0 Å². The number of hydrogen-bond acceptors (Lipinski definition) is 3. The molecule has 0 fully saturated rings. The highest BCUT2D eigenvalue weighted by atomic mass is 32.1. The van der Waals surface area contributed by atoms with Crippen LogP contribution in [0.4, 0.5) is 0 Å². The first kappa shape index (κ1) is 4.28. The van der Waals surface area contributed by atoms with Crippen molar-refractivity contribution in [3.05, 3.63) is 17.1 Å². The quantitative estimate of drug-likeness (QED) is 0.499. The molecule has 0 atom stereocenters. The molecule has 7 heavy (non-hydrogen) atoms. The molecule has 0 N–H and O–H groups in total. The van der Waals surface area contributed by atoms with Gasteiger partial charge in [0.1, 0.15) is 6.07 Å². The zero-order valence-electron chi connectivity index (χ0n) is 3.46. The third-order valence-electron chi connectivity index (χ3n) is 0.561. The summed E-state index contributed by atoms with van der Waals surface area (Å²) < 4.78 is 3.71. The highest BCUT2D eigenvalue weighted by Gasteiger charge is 1.83. The highest BCUT2D eigenvalue weighted by molar-refractivity contribution is 7.03. The number of nitriles is 1. The van der Waals surface area contributed by atoms with E-state index in [2.05, 4.69) is 4.37 Å². The lowest BCUT2D eigenvalue weighted by atomic mass is 10.4. The molecule has 0 saturated heterocycles. The Kier molecular flexibility index (Phi) is 1.05. The summed E-state index contributed by atoms with van der Waals surface area (Å²) >= 11 is 1.29. The zero-order valence-corrected chi connectivity index (χ0v) is 4.27. The van der Waals surface area contributed by atoms with Crippen molar-refractivity contribution in [3.8, 4) is 6.07 Å². The molecule has 2 nitrogen and oxygen atoms in total. The first-order chi connectivity index (χ1) is 3.43. The van der Waals surface area contributed by atoms with Crippen LogP contribution in [0.2, 0.25) is 0 Å². The lowest BCUT2D eigenvalue weighted by Crippen LogP contribution is -1.56. The molecule has 3 heteroatoms. The van der Waals surface area contributed by atoms with E-state index < -0.39 is 0 Å². The summed E-state index contributed by atoms with van der Waals surface area (Å²) in [6, 6.07) is 1.95. The van der Waals surface area contributed by atoms with Crippen LogP contribution in [-0.2, 0) is 0 Å². The molecule has 0 spiro atoms. The summed E-state index contributed by atoms with van der Waals surface area (Å²) in [7, 11) is 0. The Bertz CT molecular complexity index is 172. The molecule has 34 valence electrons. The van der Waals surface area contributed by atoms with Crippen LogP contribution in [0.15, 0.2) is 11.6 Å². The maximum Gasteiger partial charge on any atom is 0.102 e. The van der Waals surface area contributed by atoms with Gasteiger partial charge in [0.05, 0.1) is 11.8 Å². The Balaban J connectivity index is 3.04. The molecule has 0 aliphatic heterocycles. The van der Waals surface area contributed by atoms with Crippen LogP contribution in [0, 0.1) is 11.3 Å². The van der Waals surface area contributed by atoms with Gasteiger partial charge in [0.2, 0.25) is 0 Å². The minimum Gasteiger partial charge on any atom is -0.200 e. The Labute approximate surface area is 45.2 Å². The van der Waals surface area contributed by atoms with Crippen molar-refractivity contribution in [2.24, 2.45) is 0 Å². The smallest absolute Gasteiger partial charge is 0.102 e. The van der Waals surface area contributed by atoms with E-state index in [1.54, 1.807) is 11.6 Å². The summed E-state index contributed by atoms with van der Waals surface area (Å²) in [4.78, 5) is 0. The van der Waals surface area contributed by atoms with Gasteiger partial charge in [-0.05, 0) is 11.5 Å². The molecule has 0 saturated carbocycles. The SMILES string of the molecule is N#Cc1cnsc1. The monoisotopic (exact) mass is 110 g/mol. The van der Waals surface area contributed by atoms with Gasteiger partial charge in [0.15, 0.2) is 0 Å². The minimum absolute atomic E-state index is 0.644.